The molecule has 0 aliphatic heterocycles. The molecule has 2 rings (SSSR count). The summed E-state index contributed by atoms with van der Waals surface area (Å²) >= 11 is 7.21. The quantitative estimate of drug-likeness (QED) is 0.772. The van der Waals surface area contributed by atoms with Crippen LogP contribution in [0.5, 0.6) is 0 Å². The van der Waals surface area contributed by atoms with Gasteiger partial charge in [0.05, 0.1) is 9.21 Å². The van der Waals surface area contributed by atoms with Crippen molar-refractivity contribution in [1.29, 1.82) is 0 Å². The van der Waals surface area contributed by atoms with Crippen LogP contribution in [0.2, 0.25) is 4.34 Å². The normalized spacial score (nSPS) is 10.6. The zero-order valence-electron chi connectivity index (χ0n) is 6.95. The van der Waals surface area contributed by atoms with E-state index in [2.05, 4.69) is 10.1 Å². The van der Waals surface area contributed by atoms with Crippen molar-refractivity contribution in [2.45, 2.75) is 13.3 Å². The first kappa shape index (κ1) is 8.72. The molecule has 0 atom stereocenters. The summed E-state index contributed by atoms with van der Waals surface area (Å²) in [5.74, 6) is 1.27. The Morgan fingerprint density at radius 1 is 1.54 bits per heavy atom. The van der Waals surface area contributed by atoms with Crippen molar-refractivity contribution in [2.75, 3.05) is 0 Å². The minimum atomic E-state index is 0.550. The van der Waals surface area contributed by atoms with Crippen molar-refractivity contribution in [3.8, 4) is 10.8 Å². The fraction of sp³-hybridized carbons (Fsp3) is 0.250. The highest BCUT2D eigenvalue weighted by Crippen LogP contribution is 2.29. The second-order valence-corrected chi connectivity index (χ2v) is 4.19. The Morgan fingerprint density at radius 3 is 2.92 bits per heavy atom. The minimum Gasteiger partial charge on any atom is -0.333 e. The summed E-state index contributed by atoms with van der Waals surface area (Å²) in [5, 5.41) is 3.80. The second kappa shape index (κ2) is 3.47. The highest BCUT2D eigenvalue weighted by molar-refractivity contribution is 7.19. The third kappa shape index (κ3) is 1.73. The molecule has 3 nitrogen and oxygen atoms in total. The maximum atomic E-state index is 5.78. The molecule has 2 aromatic rings. The number of halogens is 1. The molecular formula is C8H7ClN2OS. The summed E-state index contributed by atoms with van der Waals surface area (Å²) < 4.78 is 5.77. The Kier molecular flexibility index (Phi) is 2.33. The molecule has 0 amide bonds. The van der Waals surface area contributed by atoms with Gasteiger partial charge in [-0.3, -0.25) is 0 Å². The van der Waals surface area contributed by atoms with E-state index >= 15 is 0 Å². The lowest BCUT2D eigenvalue weighted by atomic mass is 10.4. The number of thiophene rings is 1. The van der Waals surface area contributed by atoms with E-state index in [4.69, 9.17) is 16.1 Å². The lowest BCUT2D eigenvalue weighted by Crippen LogP contribution is -1.80. The lowest BCUT2D eigenvalue weighted by molar-refractivity contribution is 0.424. The van der Waals surface area contributed by atoms with E-state index in [1.807, 2.05) is 19.1 Å². The third-order valence-electron chi connectivity index (χ3n) is 1.57. The standard InChI is InChI=1S/C8H7ClN2OS/c1-2-7-10-8(12-11-7)5-3-4-6(9)13-5/h3-4H,2H2,1H3. The monoisotopic (exact) mass is 214 g/mol. The summed E-state index contributed by atoms with van der Waals surface area (Å²) in [6, 6.07) is 3.69. The maximum absolute atomic E-state index is 5.78. The van der Waals surface area contributed by atoms with Crippen molar-refractivity contribution in [3.05, 3.63) is 22.3 Å². The summed E-state index contributed by atoms with van der Waals surface area (Å²) in [4.78, 5) is 5.10. The van der Waals surface area contributed by atoms with E-state index in [0.29, 0.717) is 5.89 Å². The van der Waals surface area contributed by atoms with Crippen molar-refractivity contribution in [2.24, 2.45) is 0 Å². The molecule has 0 spiro atoms. The Hall–Kier alpha value is -0.870. The lowest BCUT2D eigenvalue weighted by Gasteiger charge is -1.82. The van der Waals surface area contributed by atoms with E-state index in [1.54, 1.807) is 0 Å². The molecule has 0 aromatic carbocycles. The van der Waals surface area contributed by atoms with Gasteiger partial charge in [0.25, 0.3) is 5.89 Å². The Morgan fingerprint density at radius 2 is 2.38 bits per heavy atom. The minimum absolute atomic E-state index is 0.550. The van der Waals surface area contributed by atoms with Crippen LogP contribution in [0, 0.1) is 0 Å². The van der Waals surface area contributed by atoms with Gasteiger partial charge in [-0.25, -0.2) is 0 Å². The fourth-order valence-electron chi connectivity index (χ4n) is 0.927. The number of hydrogen-bond donors (Lipinski definition) is 0. The second-order valence-electron chi connectivity index (χ2n) is 2.47. The summed E-state index contributed by atoms with van der Waals surface area (Å²) in [7, 11) is 0. The number of aromatic nitrogens is 2. The van der Waals surface area contributed by atoms with Gasteiger partial charge >= 0.3 is 0 Å². The van der Waals surface area contributed by atoms with Crippen LogP contribution in [-0.2, 0) is 6.42 Å². The molecule has 5 heteroatoms. The van der Waals surface area contributed by atoms with Gasteiger partial charge in [0, 0.05) is 6.42 Å². The van der Waals surface area contributed by atoms with Gasteiger partial charge in [-0.15, -0.1) is 11.3 Å². The molecule has 68 valence electrons. The highest BCUT2D eigenvalue weighted by Gasteiger charge is 2.09. The Balaban J connectivity index is 2.35. The van der Waals surface area contributed by atoms with Crippen LogP contribution in [0.15, 0.2) is 16.7 Å². The maximum Gasteiger partial charge on any atom is 0.268 e. The molecule has 0 saturated carbocycles. The molecule has 0 unspecified atom stereocenters. The van der Waals surface area contributed by atoms with Gasteiger partial charge < -0.3 is 4.52 Å². The zero-order valence-corrected chi connectivity index (χ0v) is 8.52. The Bertz CT molecular complexity index is 410. The predicted octanol–water partition coefficient (Wildman–Crippen LogP) is 3.01. The van der Waals surface area contributed by atoms with Crippen LogP contribution in [0.3, 0.4) is 0 Å². The van der Waals surface area contributed by atoms with Crippen molar-refractivity contribution < 1.29 is 4.52 Å². The number of aryl methyl sites for hydroxylation is 1. The molecule has 0 radical (unpaired) electrons. The number of nitrogens with zero attached hydrogens (tertiary/aromatic N) is 2. The zero-order chi connectivity index (χ0) is 9.26. The average Bonchev–Trinajstić information content (AvgIpc) is 2.71. The topological polar surface area (TPSA) is 38.9 Å². The van der Waals surface area contributed by atoms with Crippen LogP contribution in [0.1, 0.15) is 12.7 Å². The first-order chi connectivity index (χ1) is 6.29. The molecule has 2 aromatic heterocycles. The number of hydrogen-bond acceptors (Lipinski definition) is 4. The largest absolute Gasteiger partial charge is 0.333 e. The first-order valence-corrected chi connectivity index (χ1v) is 5.07. The first-order valence-electron chi connectivity index (χ1n) is 3.88. The van der Waals surface area contributed by atoms with Gasteiger partial charge in [-0.1, -0.05) is 23.7 Å². The SMILES string of the molecule is CCc1noc(-c2ccc(Cl)s2)n1. The fourth-order valence-corrected chi connectivity index (χ4v) is 1.89. The molecule has 0 bridgehead atoms. The van der Waals surface area contributed by atoms with Crippen LogP contribution in [0.25, 0.3) is 10.8 Å². The van der Waals surface area contributed by atoms with E-state index < -0.39 is 0 Å². The molecular weight excluding hydrogens is 208 g/mol. The summed E-state index contributed by atoms with van der Waals surface area (Å²) in [6.45, 7) is 1.98. The molecule has 0 aliphatic carbocycles. The highest BCUT2D eigenvalue weighted by atomic mass is 35.5. The van der Waals surface area contributed by atoms with E-state index in [1.165, 1.54) is 11.3 Å². The van der Waals surface area contributed by atoms with Crippen LogP contribution in [0.4, 0.5) is 0 Å². The van der Waals surface area contributed by atoms with Crippen molar-refractivity contribution >= 4 is 22.9 Å². The van der Waals surface area contributed by atoms with Gasteiger partial charge in [-0.2, -0.15) is 4.98 Å². The smallest absolute Gasteiger partial charge is 0.268 e. The van der Waals surface area contributed by atoms with E-state index in [9.17, 15) is 0 Å². The molecule has 0 aliphatic rings. The number of rotatable bonds is 2. The van der Waals surface area contributed by atoms with Gasteiger partial charge in [0.1, 0.15) is 0 Å². The van der Waals surface area contributed by atoms with Crippen molar-refractivity contribution in [3.63, 3.8) is 0 Å². The van der Waals surface area contributed by atoms with E-state index in [0.717, 1.165) is 21.5 Å². The molecule has 0 saturated heterocycles. The molecule has 0 N–H and O–H groups in total. The van der Waals surface area contributed by atoms with Crippen LogP contribution >= 0.6 is 22.9 Å². The predicted molar refractivity (Wildman–Crippen MR) is 52.0 cm³/mol. The summed E-state index contributed by atoms with van der Waals surface area (Å²) in [5.41, 5.74) is 0. The molecule has 13 heavy (non-hydrogen) atoms. The van der Waals surface area contributed by atoms with Gasteiger partial charge in [0.15, 0.2) is 5.82 Å². The van der Waals surface area contributed by atoms with Crippen LogP contribution in [-0.4, -0.2) is 10.1 Å². The molecule has 0 fully saturated rings. The molecule has 2 heterocycles. The van der Waals surface area contributed by atoms with Gasteiger partial charge in [-0.05, 0) is 12.1 Å². The summed E-state index contributed by atoms with van der Waals surface area (Å²) in [6.07, 6.45) is 0.780. The van der Waals surface area contributed by atoms with Crippen LogP contribution < -0.4 is 0 Å². The third-order valence-corrected chi connectivity index (χ3v) is 2.79. The van der Waals surface area contributed by atoms with Crippen molar-refractivity contribution in [1.82, 2.24) is 10.1 Å². The van der Waals surface area contributed by atoms with E-state index in [-0.39, 0.29) is 0 Å². The Labute approximate surface area is 84.3 Å². The van der Waals surface area contributed by atoms with Gasteiger partial charge in [0.2, 0.25) is 0 Å². The average molecular weight is 215 g/mol.